The predicted molar refractivity (Wildman–Crippen MR) is 153 cm³/mol. The Labute approximate surface area is 227 Å². The van der Waals surface area contributed by atoms with Crippen molar-refractivity contribution in [2.24, 2.45) is 5.92 Å². The molecular weight excluding hydrogens is 476 g/mol. The van der Waals surface area contributed by atoms with Crippen molar-refractivity contribution in [3.05, 3.63) is 82.6 Å². The third kappa shape index (κ3) is 6.95. The van der Waals surface area contributed by atoms with Crippen LogP contribution in [0.1, 0.15) is 74.6 Å². The molecule has 2 saturated carbocycles. The molecule has 3 nitrogen and oxygen atoms in total. The molecule has 0 amide bonds. The smallest absolute Gasteiger partial charge is 0.122 e. The van der Waals surface area contributed by atoms with Gasteiger partial charge >= 0.3 is 0 Å². The van der Waals surface area contributed by atoms with E-state index in [-0.39, 0.29) is 5.54 Å². The molecule has 0 spiro atoms. The Morgan fingerprint density at radius 1 is 0.946 bits per heavy atom. The second kappa shape index (κ2) is 12.2. The lowest BCUT2D eigenvalue weighted by Crippen LogP contribution is -2.45. The molecule has 0 atom stereocenters. The number of hydrogen-bond donors (Lipinski definition) is 1. The lowest BCUT2D eigenvalue weighted by Gasteiger charge is -2.32. The van der Waals surface area contributed by atoms with Crippen LogP contribution >= 0.6 is 11.6 Å². The van der Waals surface area contributed by atoms with Gasteiger partial charge in [0.05, 0.1) is 6.61 Å². The highest BCUT2D eigenvalue weighted by molar-refractivity contribution is 6.30. The molecular formula is C33H37ClN2O. The van der Waals surface area contributed by atoms with Gasteiger partial charge in [0, 0.05) is 27.9 Å². The van der Waals surface area contributed by atoms with Crippen LogP contribution in [0, 0.1) is 24.7 Å². The summed E-state index contributed by atoms with van der Waals surface area (Å²) >= 11 is 5.99. The standard InChI is InChI=1S/C33H37ClN2O/c1-25-22-26(8-15-31-16-12-29(24-35-31)28-10-13-30(34)14-11-28)9-17-32(25)37-21-20-33(18-4-5-19-33)36-23-27-6-2-3-7-27/h9-14,16-17,22,24,27,36H,2-7,18-21,23H2,1H3. The van der Waals surface area contributed by atoms with Gasteiger partial charge in [-0.25, -0.2) is 4.98 Å². The molecule has 2 aliphatic rings. The molecule has 192 valence electrons. The van der Waals surface area contributed by atoms with Crippen molar-refractivity contribution in [1.29, 1.82) is 0 Å². The molecule has 2 fully saturated rings. The van der Waals surface area contributed by atoms with Crippen molar-refractivity contribution in [2.75, 3.05) is 13.2 Å². The molecule has 1 N–H and O–H groups in total. The molecule has 2 aliphatic carbocycles. The minimum atomic E-state index is 0.276. The van der Waals surface area contributed by atoms with Gasteiger partial charge in [0.1, 0.15) is 11.4 Å². The van der Waals surface area contributed by atoms with E-state index in [0.29, 0.717) is 0 Å². The number of rotatable bonds is 8. The number of aromatic nitrogens is 1. The Morgan fingerprint density at radius 2 is 1.70 bits per heavy atom. The zero-order chi connectivity index (χ0) is 25.5. The largest absolute Gasteiger partial charge is 0.493 e. The van der Waals surface area contributed by atoms with Gasteiger partial charge in [-0.1, -0.05) is 61.4 Å². The summed E-state index contributed by atoms with van der Waals surface area (Å²) in [7, 11) is 0. The van der Waals surface area contributed by atoms with E-state index in [2.05, 4.69) is 41.2 Å². The molecule has 0 unspecified atom stereocenters. The fraction of sp³-hybridized carbons (Fsp3) is 0.424. The third-order valence-electron chi connectivity index (χ3n) is 8.09. The fourth-order valence-electron chi connectivity index (χ4n) is 5.80. The lowest BCUT2D eigenvalue weighted by molar-refractivity contribution is 0.217. The second-order valence-corrected chi connectivity index (χ2v) is 11.2. The zero-order valence-corrected chi connectivity index (χ0v) is 22.6. The lowest BCUT2D eigenvalue weighted by atomic mass is 9.92. The molecule has 37 heavy (non-hydrogen) atoms. The topological polar surface area (TPSA) is 34.1 Å². The highest BCUT2D eigenvalue weighted by atomic mass is 35.5. The number of pyridine rings is 1. The summed E-state index contributed by atoms with van der Waals surface area (Å²) in [5, 5.41) is 4.72. The number of halogens is 1. The molecule has 4 heteroatoms. The Kier molecular flexibility index (Phi) is 8.49. The minimum absolute atomic E-state index is 0.276. The van der Waals surface area contributed by atoms with Crippen molar-refractivity contribution in [1.82, 2.24) is 10.3 Å². The monoisotopic (exact) mass is 512 g/mol. The van der Waals surface area contributed by atoms with Crippen LogP contribution in [0.5, 0.6) is 5.75 Å². The Bertz CT molecular complexity index is 1230. The van der Waals surface area contributed by atoms with Gasteiger partial charge < -0.3 is 10.1 Å². The van der Waals surface area contributed by atoms with Gasteiger partial charge in [0.2, 0.25) is 0 Å². The number of hydrogen-bond acceptors (Lipinski definition) is 3. The van der Waals surface area contributed by atoms with Gasteiger partial charge in [0.25, 0.3) is 0 Å². The van der Waals surface area contributed by atoms with Crippen LogP contribution in [0.25, 0.3) is 11.1 Å². The normalized spacial score (nSPS) is 16.9. The first-order valence-corrected chi connectivity index (χ1v) is 14.2. The molecule has 1 aromatic heterocycles. The van der Waals surface area contributed by atoms with Crippen molar-refractivity contribution in [3.63, 3.8) is 0 Å². The summed E-state index contributed by atoms with van der Waals surface area (Å²) in [4.78, 5) is 4.52. The first-order chi connectivity index (χ1) is 18.1. The number of aryl methyl sites for hydroxylation is 1. The highest BCUT2D eigenvalue weighted by Gasteiger charge is 2.34. The van der Waals surface area contributed by atoms with Crippen LogP contribution in [0.15, 0.2) is 60.8 Å². The maximum Gasteiger partial charge on any atom is 0.122 e. The van der Waals surface area contributed by atoms with Crippen molar-refractivity contribution in [2.45, 2.75) is 70.3 Å². The number of nitrogens with zero attached hydrogens (tertiary/aromatic N) is 1. The zero-order valence-electron chi connectivity index (χ0n) is 21.9. The summed E-state index contributed by atoms with van der Waals surface area (Å²) in [6.07, 6.45) is 13.8. The van der Waals surface area contributed by atoms with Gasteiger partial charge in [-0.15, -0.1) is 0 Å². The van der Waals surface area contributed by atoms with Crippen LogP contribution in [0.3, 0.4) is 0 Å². The Balaban J connectivity index is 1.15. The average molecular weight is 513 g/mol. The quantitative estimate of drug-likeness (QED) is 0.311. The number of nitrogens with one attached hydrogen (secondary N) is 1. The van der Waals surface area contributed by atoms with E-state index in [0.717, 1.165) is 57.7 Å². The van der Waals surface area contributed by atoms with Crippen LogP contribution in [0.4, 0.5) is 0 Å². The van der Waals surface area contributed by atoms with E-state index in [1.54, 1.807) is 0 Å². The summed E-state index contributed by atoms with van der Waals surface area (Å²) in [6, 6.07) is 18.0. The van der Waals surface area contributed by atoms with E-state index < -0.39 is 0 Å². The Hall–Kier alpha value is -2.80. The summed E-state index contributed by atoms with van der Waals surface area (Å²) in [6.45, 7) is 4.04. The van der Waals surface area contributed by atoms with E-state index in [4.69, 9.17) is 16.3 Å². The van der Waals surface area contributed by atoms with Crippen LogP contribution in [-0.2, 0) is 0 Å². The number of benzene rings is 2. The average Bonchev–Trinajstić information content (AvgIpc) is 3.61. The van der Waals surface area contributed by atoms with E-state index >= 15 is 0 Å². The molecule has 0 radical (unpaired) electrons. The maximum atomic E-state index is 6.27. The van der Waals surface area contributed by atoms with Crippen molar-refractivity contribution < 1.29 is 4.74 Å². The van der Waals surface area contributed by atoms with Gasteiger partial charge in [0.15, 0.2) is 0 Å². The molecule has 0 aliphatic heterocycles. The molecule has 1 heterocycles. The van der Waals surface area contributed by atoms with Gasteiger partial charge in [-0.05, 0) is 105 Å². The molecule has 5 rings (SSSR count). The Morgan fingerprint density at radius 3 is 2.41 bits per heavy atom. The molecule has 0 bridgehead atoms. The van der Waals surface area contributed by atoms with Crippen LogP contribution < -0.4 is 10.1 Å². The van der Waals surface area contributed by atoms with Crippen LogP contribution in [-0.4, -0.2) is 23.7 Å². The van der Waals surface area contributed by atoms with Gasteiger partial charge in [-0.3, -0.25) is 0 Å². The number of ether oxygens (including phenoxy) is 1. The van der Waals surface area contributed by atoms with Crippen molar-refractivity contribution in [3.8, 4) is 28.7 Å². The molecule has 0 saturated heterocycles. The van der Waals surface area contributed by atoms with E-state index in [1.807, 2.05) is 48.7 Å². The summed E-state index contributed by atoms with van der Waals surface area (Å²) in [5.74, 6) is 8.28. The minimum Gasteiger partial charge on any atom is -0.493 e. The summed E-state index contributed by atoms with van der Waals surface area (Å²) in [5.41, 5.74) is 5.26. The van der Waals surface area contributed by atoms with E-state index in [1.165, 1.54) is 57.9 Å². The summed E-state index contributed by atoms with van der Waals surface area (Å²) < 4.78 is 6.27. The predicted octanol–water partition coefficient (Wildman–Crippen LogP) is 7.97. The maximum absolute atomic E-state index is 6.27. The van der Waals surface area contributed by atoms with Crippen molar-refractivity contribution >= 4 is 11.6 Å². The van der Waals surface area contributed by atoms with E-state index in [9.17, 15) is 0 Å². The fourth-order valence-corrected chi connectivity index (χ4v) is 5.93. The first-order valence-electron chi connectivity index (χ1n) is 13.8. The van der Waals surface area contributed by atoms with Crippen LogP contribution in [0.2, 0.25) is 5.02 Å². The highest BCUT2D eigenvalue weighted by Crippen LogP contribution is 2.34. The second-order valence-electron chi connectivity index (χ2n) is 10.8. The molecule has 3 aromatic rings. The molecule has 2 aromatic carbocycles. The first kappa shape index (κ1) is 25.8. The SMILES string of the molecule is Cc1cc(C#Cc2ccc(-c3ccc(Cl)cc3)cn2)ccc1OCCC1(NCC2CCCC2)CCCC1. The third-order valence-corrected chi connectivity index (χ3v) is 8.34. The van der Waals surface area contributed by atoms with Gasteiger partial charge in [-0.2, -0.15) is 0 Å².